The first-order valence-electron chi connectivity index (χ1n) is 15.6. The van der Waals surface area contributed by atoms with Gasteiger partial charge < -0.3 is 39.5 Å². The van der Waals surface area contributed by atoms with Crippen LogP contribution in [0.5, 0.6) is 0 Å². The van der Waals surface area contributed by atoms with Gasteiger partial charge in [-0.05, 0) is 44.1 Å². The monoisotopic (exact) mass is 757 g/mol. The number of carboxylic acid groups (broad SMARTS) is 2. The third kappa shape index (κ3) is 13.2. The first-order chi connectivity index (χ1) is 23.9. The van der Waals surface area contributed by atoms with E-state index in [-0.39, 0.29) is 42.4 Å². The van der Waals surface area contributed by atoms with Gasteiger partial charge >= 0.3 is 25.0 Å². The van der Waals surface area contributed by atoms with Crippen molar-refractivity contribution in [3.05, 3.63) is 18.0 Å². The molecule has 0 spiro atoms. The number of methoxy groups -OCH3 is 1. The number of halogens is 9. The van der Waals surface area contributed by atoms with Gasteiger partial charge in [0, 0.05) is 64.8 Å². The normalized spacial score (nSPS) is 26.6. The Morgan fingerprint density at radius 3 is 2.12 bits per heavy atom. The number of alkyl halides is 9. The summed E-state index contributed by atoms with van der Waals surface area (Å²) in [4.78, 5) is 42.7. The molecule has 1 aliphatic carbocycles. The number of rotatable bonds is 6. The molecule has 5 atom stereocenters. The lowest BCUT2D eigenvalue weighted by Gasteiger charge is -2.42. The molecule has 3 aliphatic heterocycles. The molecule has 0 radical (unpaired) electrons. The van der Waals surface area contributed by atoms with Gasteiger partial charge in [0.1, 0.15) is 5.69 Å². The molecule has 1 aromatic heterocycles. The zero-order valence-electron chi connectivity index (χ0n) is 27.3. The van der Waals surface area contributed by atoms with Crippen molar-refractivity contribution < 1.29 is 78.3 Å². The minimum atomic E-state index is -5.08. The van der Waals surface area contributed by atoms with E-state index in [1.807, 2.05) is 4.90 Å². The fourth-order valence-electron chi connectivity index (χ4n) is 6.45. The SMILES string of the molecule is COC1COCCC1N[C@@H]1CC[C@@](C(=O)N2CCN(c3nccc(C(F)(F)F)n3)CC2)(C2CCOC2)C1.FC(F)F.O=C(O)C(F)(F)F.O=CO. The summed E-state index contributed by atoms with van der Waals surface area (Å²) >= 11 is 0. The fraction of sp³-hybridized carbons (Fsp3) is 0.759. The minimum absolute atomic E-state index is 0.000380. The van der Waals surface area contributed by atoms with Gasteiger partial charge in [-0.15, -0.1) is 0 Å². The van der Waals surface area contributed by atoms with E-state index in [1.165, 1.54) is 0 Å². The number of anilines is 1. The molecule has 4 aliphatic rings. The second kappa shape index (κ2) is 19.9. The van der Waals surface area contributed by atoms with Crippen LogP contribution in [-0.2, 0) is 34.8 Å². The summed E-state index contributed by atoms with van der Waals surface area (Å²) in [5.41, 5.74) is -1.45. The summed E-state index contributed by atoms with van der Waals surface area (Å²) in [5, 5.41) is 17.8. The van der Waals surface area contributed by atoms with Crippen LogP contribution >= 0.6 is 0 Å². The van der Waals surface area contributed by atoms with Crippen LogP contribution in [0.4, 0.5) is 45.5 Å². The van der Waals surface area contributed by atoms with Gasteiger partial charge in [-0.2, -0.15) is 39.5 Å². The molecule has 0 bridgehead atoms. The topological polar surface area (TPSA) is 164 Å². The quantitative estimate of drug-likeness (QED) is 0.286. The number of carboxylic acids is 1. The maximum Gasteiger partial charge on any atom is 0.490 e. The number of hydrogen-bond donors (Lipinski definition) is 3. The van der Waals surface area contributed by atoms with Gasteiger partial charge in [-0.1, -0.05) is 0 Å². The van der Waals surface area contributed by atoms with Crippen LogP contribution in [0.3, 0.4) is 0 Å². The number of hydrogen-bond acceptors (Lipinski definition) is 10. The highest BCUT2D eigenvalue weighted by atomic mass is 19.4. The van der Waals surface area contributed by atoms with Crippen molar-refractivity contribution in [2.24, 2.45) is 11.3 Å². The Balaban J connectivity index is 0.000000550. The molecule has 0 aromatic carbocycles. The molecule has 292 valence electrons. The van der Waals surface area contributed by atoms with Crippen LogP contribution in [-0.4, -0.2) is 134 Å². The van der Waals surface area contributed by atoms with Crippen molar-refractivity contribution in [1.29, 1.82) is 0 Å². The summed E-state index contributed by atoms with van der Waals surface area (Å²) < 4.78 is 117. The second-order valence-corrected chi connectivity index (χ2v) is 11.7. The molecule has 13 nitrogen and oxygen atoms in total. The predicted molar refractivity (Wildman–Crippen MR) is 157 cm³/mol. The smallest absolute Gasteiger partial charge is 0.483 e. The lowest BCUT2D eigenvalue weighted by Crippen LogP contribution is -2.55. The highest BCUT2D eigenvalue weighted by Crippen LogP contribution is 2.49. The number of piperazine rings is 1. The van der Waals surface area contributed by atoms with Crippen molar-refractivity contribution in [2.45, 2.75) is 69.3 Å². The number of amides is 1. The van der Waals surface area contributed by atoms with E-state index < -0.39 is 36.1 Å². The van der Waals surface area contributed by atoms with Crippen LogP contribution in [0.1, 0.15) is 37.8 Å². The van der Waals surface area contributed by atoms with E-state index >= 15 is 0 Å². The van der Waals surface area contributed by atoms with Crippen LogP contribution in [0, 0.1) is 11.3 Å². The molecule has 1 amide bonds. The Bertz CT molecular complexity index is 1230. The number of carbonyl (C=O) groups excluding carboxylic acids is 1. The van der Waals surface area contributed by atoms with Crippen LogP contribution in [0.2, 0.25) is 0 Å². The Hall–Kier alpha value is -3.50. The average molecular weight is 758 g/mol. The summed E-state index contributed by atoms with van der Waals surface area (Å²) in [6.07, 6.45) is -4.26. The van der Waals surface area contributed by atoms with Gasteiger partial charge in [-0.25, -0.2) is 14.8 Å². The molecule has 4 fully saturated rings. The molecule has 1 saturated carbocycles. The highest BCUT2D eigenvalue weighted by Gasteiger charge is 2.53. The van der Waals surface area contributed by atoms with Crippen molar-refractivity contribution in [1.82, 2.24) is 20.2 Å². The van der Waals surface area contributed by atoms with Crippen molar-refractivity contribution in [2.75, 3.05) is 64.6 Å². The van der Waals surface area contributed by atoms with E-state index in [0.29, 0.717) is 52.6 Å². The van der Waals surface area contributed by atoms with Gasteiger partial charge in [0.2, 0.25) is 11.9 Å². The molecule has 3 N–H and O–H groups in total. The first-order valence-corrected chi connectivity index (χ1v) is 15.6. The van der Waals surface area contributed by atoms with Gasteiger partial charge in [0.05, 0.1) is 24.7 Å². The zero-order valence-corrected chi connectivity index (χ0v) is 27.3. The maximum atomic E-state index is 14.1. The van der Waals surface area contributed by atoms with Gasteiger partial charge in [0.15, 0.2) is 0 Å². The summed E-state index contributed by atoms with van der Waals surface area (Å²) in [6.45, 7) is 0.257. The largest absolute Gasteiger partial charge is 0.490 e. The number of ether oxygens (including phenoxy) is 3. The number of nitrogens with one attached hydrogen (secondary N) is 1. The van der Waals surface area contributed by atoms with E-state index in [2.05, 4.69) is 15.3 Å². The second-order valence-electron chi connectivity index (χ2n) is 11.7. The van der Waals surface area contributed by atoms with Crippen LogP contribution in [0.15, 0.2) is 12.3 Å². The molecule has 3 saturated heterocycles. The molecule has 3 unspecified atom stereocenters. The summed E-state index contributed by atoms with van der Waals surface area (Å²) in [5.74, 6) is -2.39. The maximum absolute atomic E-state index is 14.1. The number of carbonyl (C=O) groups is 3. The third-order valence-electron chi connectivity index (χ3n) is 8.77. The van der Waals surface area contributed by atoms with Gasteiger partial charge in [-0.3, -0.25) is 9.59 Å². The molecular formula is C29H40F9N5O8. The Morgan fingerprint density at radius 2 is 1.61 bits per heavy atom. The minimum Gasteiger partial charge on any atom is -0.483 e. The average Bonchev–Trinajstić information content (AvgIpc) is 3.76. The first kappa shape index (κ1) is 43.7. The lowest BCUT2D eigenvalue weighted by molar-refractivity contribution is -0.192. The van der Waals surface area contributed by atoms with E-state index in [4.69, 9.17) is 34.0 Å². The number of aliphatic carboxylic acids is 1. The molecule has 1 aromatic rings. The van der Waals surface area contributed by atoms with Crippen molar-refractivity contribution >= 4 is 24.3 Å². The lowest BCUT2D eigenvalue weighted by atomic mass is 9.72. The van der Waals surface area contributed by atoms with Crippen LogP contribution < -0.4 is 10.2 Å². The Kier molecular flexibility index (Phi) is 17.1. The van der Waals surface area contributed by atoms with Gasteiger partial charge in [0.25, 0.3) is 6.47 Å². The zero-order chi connectivity index (χ0) is 38.4. The van der Waals surface area contributed by atoms with E-state index in [0.717, 1.165) is 44.4 Å². The number of aromatic nitrogens is 2. The van der Waals surface area contributed by atoms with Crippen LogP contribution in [0.25, 0.3) is 0 Å². The predicted octanol–water partition coefficient (Wildman–Crippen LogP) is 3.63. The summed E-state index contributed by atoms with van der Waals surface area (Å²) in [6, 6.07) is 1.28. The molecule has 22 heteroatoms. The third-order valence-corrected chi connectivity index (χ3v) is 8.77. The highest BCUT2D eigenvalue weighted by molar-refractivity contribution is 5.84. The van der Waals surface area contributed by atoms with Crippen molar-refractivity contribution in [3.63, 3.8) is 0 Å². The van der Waals surface area contributed by atoms with E-state index in [9.17, 15) is 44.3 Å². The Labute approximate surface area is 286 Å². The molecular weight excluding hydrogens is 717 g/mol. The molecule has 5 rings (SSSR count). The van der Waals surface area contributed by atoms with Crippen molar-refractivity contribution in [3.8, 4) is 0 Å². The standard InChI is InChI=1S/C25H36F3N5O4.C2HF3O2.CHF3.CH2O2/c1-35-20-16-37-13-5-19(20)30-18-2-6-24(14-18,17-4-12-36-15-17)22(34)32-8-10-33(11-9-32)23-29-7-3-21(31-23)25(26,27)28;3-2(4,5)1(6)7;2-1(3)4;2-1-3/h3,7,17-20,30H,2,4-6,8-16H2,1H3;(H,6,7);1H;1H,(H,2,3)/t17?,18-,19?,20?,24+;;;/m1.../s1. The Morgan fingerprint density at radius 1 is 1.04 bits per heavy atom. The molecule has 51 heavy (non-hydrogen) atoms. The fourth-order valence-corrected chi connectivity index (χ4v) is 6.45. The summed E-state index contributed by atoms with van der Waals surface area (Å²) in [7, 11) is 1.70. The molecule has 4 heterocycles. The van der Waals surface area contributed by atoms with E-state index in [1.54, 1.807) is 12.0 Å². The number of nitrogens with zero attached hydrogens (tertiary/aromatic N) is 4.